The molecule has 0 heterocycles. The summed E-state index contributed by atoms with van der Waals surface area (Å²) in [5, 5.41) is 0. The zero-order valence-corrected chi connectivity index (χ0v) is 13.2. The van der Waals surface area contributed by atoms with E-state index < -0.39 is 0 Å². The summed E-state index contributed by atoms with van der Waals surface area (Å²) >= 11 is 0. The molecule has 0 saturated carbocycles. The van der Waals surface area contributed by atoms with Gasteiger partial charge in [-0.2, -0.15) is 0 Å². The molecule has 3 nitrogen and oxygen atoms in total. The Kier molecular flexibility index (Phi) is 6.73. The Hall–Kier alpha value is -1.35. The van der Waals surface area contributed by atoms with Crippen LogP contribution in [0.1, 0.15) is 44.7 Å². The molecule has 0 aliphatic rings. The number of nitrogens with two attached hydrogens (primary N) is 1. The molecule has 3 heteroatoms. The summed E-state index contributed by atoms with van der Waals surface area (Å²) in [6.45, 7) is 9.76. The molecule has 0 aliphatic heterocycles. The van der Waals surface area contributed by atoms with E-state index in [-0.39, 0.29) is 11.9 Å². The van der Waals surface area contributed by atoms with E-state index in [9.17, 15) is 4.79 Å². The minimum atomic E-state index is -0.382. The van der Waals surface area contributed by atoms with E-state index in [4.69, 9.17) is 5.73 Å². The summed E-state index contributed by atoms with van der Waals surface area (Å²) in [5.41, 5.74) is 8.43. The Bertz CT molecular complexity index is 412. The van der Waals surface area contributed by atoms with E-state index >= 15 is 0 Å². The highest BCUT2D eigenvalue weighted by atomic mass is 16.2. The molecule has 0 unspecified atom stereocenters. The van der Waals surface area contributed by atoms with E-state index in [1.165, 1.54) is 5.56 Å². The number of rotatable bonds is 7. The van der Waals surface area contributed by atoms with Crippen LogP contribution < -0.4 is 5.73 Å². The summed E-state index contributed by atoms with van der Waals surface area (Å²) in [6, 6.07) is 7.95. The first-order valence-corrected chi connectivity index (χ1v) is 7.54. The van der Waals surface area contributed by atoms with Gasteiger partial charge < -0.3 is 10.6 Å². The second-order valence-corrected chi connectivity index (χ2v) is 5.98. The average molecular weight is 276 g/mol. The Labute approximate surface area is 123 Å². The third-order valence-corrected chi connectivity index (χ3v) is 3.34. The van der Waals surface area contributed by atoms with Gasteiger partial charge in [0, 0.05) is 13.1 Å². The van der Waals surface area contributed by atoms with Crippen molar-refractivity contribution in [2.24, 2.45) is 11.7 Å². The van der Waals surface area contributed by atoms with Gasteiger partial charge in [-0.1, -0.05) is 50.6 Å². The molecule has 0 saturated heterocycles. The van der Waals surface area contributed by atoms with Crippen molar-refractivity contribution in [3.05, 3.63) is 35.4 Å². The number of benzene rings is 1. The molecule has 0 aromatic heterocycles. The Morgan fingerprint density at radius 3 is 2.35 bits per heavy atom. The van der Waals surface area contributed by atoms with Crippen molar-refractivity contribution in [2.75, 3.05) is 6.54 Å². The lowest BCUT2D eigenvalue weighted by Gasteiger charge is -2.26. The topological polar surface area (TPSA) is 46.3 Å². The van der Waals surface area contributed by atoms with Crippen LogP contribution in [0.3, 0.4) is 0 Å². The maximum absolute atomic E-state index is 12.4. The van der Waals surface area contributed by atoms with E-state index in [0.29, 0.717) is 12.5 Å². The van der Waals surface area contributed by atoms with Crippen LogP contribution >= 0.6 is 0 Å². The highest BCUT2D eigenvalue weighted by Gasteiger charge is 2.21. The van der Waals surface area contributed by atoms with Crippen molar-refractivity contribution in [3.8, 4) is 0 Å². The highest BCUT2D eigenvalue weighted by Crippen LogP contribution is 2.11. The van der Waals surface area contributed by atoms with Crippen LogP contribution in [0.5, 0.6) is 0 Å². The highest BCUT2D eigenvalue weighted by molar-refractivity contribution is 5.81. The largest absolute Gasteiger partial charge is 0.337 e. The van der Waals surface area contributed by atoms with Gasteiger partial charge in [-0.15, -0.1) is 0 Å². The quantitative estimate of drug-likeness (QED) is 0.831. The molecule has 20 heavy (non-hydrogen) atoms. The predicted octanol–water partition coefficient (Wildman–Crippen LogP) is 3.11. The van der Waals surface area contributed by atoms with Gasteiger partial charge in [0.05, 0.1) is 6.04 Å². The number of hydrogen-bond acceptors (Lipinski definition) is 2. The third kappa shape index (κ3) is 5.33. The molecule has 1 aromatic rings. The maximum atomic E-state index is 12.4. The maximum Gasteiger partial charge on any atom is 0.239 e. The summed E-state index contributed by atoms with van der Waals surface area (Å²) in [5.74, 6) is 0.512. The molecule has 0 fully saturated rings. The normalized spacial score (nSPS) is 12.5. The summed E-state index contributed by atoms with van der Waals surface area (Å²) in [6.07, 6.45) is 1.69. The fraction of sp³-hybridized carbons (Fsp3) is 0.588. The molecule has 1 aromatic carbocycles. The van der Waals surface area contributed by atoms with Gasteiger partial charge in [-0.3, -0.25) is 4.79 Å². The second kappa shape index (κ2) is 8.05. The first-order valence-electron chi connectivity index (χ1n) is 7.54. The lowest BCUT2D eigenvalue weighted by molar-refractivity contribution is -0.133. The number of aryl methyl sites for hydroxylation is 1. The molecular formula is C17H28N2O. The third-order valence-electron chi connectivity index (χ3n) is 3.34. The van der Waals surface area contributed by atoms with Crippen molar-refractivity contribution < 1.29 is 4.79 Å². The van der Waals surface area contributed by atoms with Crippen LogP contribution in [0.25, 0.3) is 0 Å². The smallest absolute Gasteiger partial charge is 0.239 e. The summed E-state index contributed by atoms with van der Waals surface area (Å²) in [4.78, 5) is 14.3. The van der Waals surface area contributed by atoms with Gasteiger partial charge in [0.25, 0.3) is 0 Å². The molecule has 0 bridgehead atoms. The van der Waals surface area contributed by atoms with Crippen LogP contribution in [-0.4, -0.2) is 23.4 Å². The second-order valence-electron chi connectivity index (χ2n) is 5.98. The van der Waals surface area contributed by atoms with Crippen LogP contribution in [-0.2, 0) is 11.3 Å². The molecule has 0 aliphatic carbocycles. The lowest BCUT2D eigenvalue weighted by Crippen LogP contribution is -2.44. The van der Waals surface area contributed by atoms with Crippen LogP contribution in [0, 0.1) is 12.8 Å². The minimum absolute atomic E-state index is 0.0705. The van der Waals surface area contributed by atoms with Crippen LogP contribution in [0.2, 0.25) is 0 Å². The van der Waals surface area contributed by atoms with Crippen molar-refractivity contribution in [1.82, 2.24) is 4.90 Å². The molecule has 0 spiro atoms. The van der Waals surface area contributed by atoms with Crippen molar-refractivity contribution in [3.63, 3.8) is 0 Å². The Morgan fingerprint density at radius 1 is 1.25 bits per heavy atom. The molecular weight excluding hydrogens is 248 g/mol. The number of hydrogen-bond donors (Lipinski definition) is 1. The molecule has 1 rings (SSSR count). The van der Waals surface area contributed by atoms with Gasteiger partial charge in [0.15, 0.2) is 0 Å². The zero-order valence-electron chi connectivity index (χ0n) is 13.2. The molecule has 1 atom stereocenters. The zero-order chi connectivity index (χ0) is 15.1. The standard InChI is InChI=1S/C17H28N2O/c1-5-10-19(17(20)16(18)11-13(2)3)12-15-8-6-14(4)7-9-15/h6-9,13,16H,5,10-12,18H2,1-4H3/t16-/m1/s1. The van der Waals surface area contributed by atoms with E-state index in [2.05, 4.69) is 52.0 Å². The van der Waals surface area contributed by atoms with Crippen LogP contribution in [0.4, 0.5) is 0 Å². The molecule has 0 radical (unpaired) electrons. The fourth-order valence-corrected chi connectivity index (χ4v) is 2.29. The van der Waals surface area contributed by atoms with Crippen LogP contribution in [0.15, 0.2) is 24.3 Å². The summed E-state index contributed by atoms with van der Waals surface area (Å²) < 4.78 is 0. The van der Waals surface area contributed by atoms with Crippen molar-refractivity contribution >= 4 is 5.91 Å². The summed E-state index contributed by atoms with van der Waals surface area (Å²) in [7, 11) is 0. The Balaban J connectivity index is 2.72. The Morgan fingerprint density at radius 2 is 1.85 bits per heavy atom. The van der Waals surface area contributed by atoms with Gasteiger partial charge in [0.2, 0.25) is 5.91 Å². The number of amides is 1. The van der Waals surface area contributed by atoms with Gasteiger partial charge in [-0.05, 0) is 31.2 Å². The SMILES string of the molecule is CCCN(Cc1ccc(C)cc1)C(=O)[C@H](N)CC(C)C. The van der Waals surface area contributed by atoms with Gasteiger partial charge >= 0.3 is 0 Å². The number of carbonyl (C=O) groups excluding carboxylic acids is 1. The fourth-order valence-electron chi connectivity index (χ4n) is 2.29. The average Bonchev–Trinajstić information content (AvgIpc) is 2.39. The van der Waals surface area contributed by atoms with E-state index in [1.54, 1.807) is 0 Å². The lowest BCUT2D eigenvalue weighted by atomic mass is 10.0. The molecule has 112 valence electrons. The van der Waals surface area contributed by atoms with Crippen molar-refractivity contribution in [1.29, 1.82) is 0 Å². The number of carbonyl (C=O) groups is 1. The minimum Gasteiger partial charge on any atom is -0.337 e. The van der Waals surface area contributed by atoms with Gasteiger partial charge in [0.1, 0.15) is 0 Å². The first kappa shape index (κ1) is 16.7. The van der Waals surface area contributed by atoms with E-state index in [0.717, 1.165) is 24.9 Å². The molecule has 1 amide bonds. The monoisotopic (exact) mass is 276 g/mol. The van der Waals surface area contributed by atoms with E-state index in [1.807, 2.05) is 4.90 Å². The van der Waals surface area contributed by atoms with Gasteiger partial charge in [-0.25, -0.2) is 0 Å². The predicted molar refractivity (Wildman–Crippen MR) is 84.3 cm³/mol. The first-order chi connectivity index (χ1) is 9.43. The number of nitrogens with zero attached hydrogens (tertiary/aromatic N) is 1. The van der Waals surface area contributed by atoms with Crippen molar-refractivity contribution in [2.45, 2.75) is 53.1 Å². The molecule has 2 N–H and O–H groups in total.